The average molecular weight is 599 g/mol. The van der Waals surface area contributed by atoms with Crippen LogP contribution in [0.2, 0.25) is 0 Å². The molecule has 0 fully saturated rings. The van der Waals surface area contributed by atoms with E-state index >= 15 is 0 Å². The van der Waals surface area contributed by atoms with E-state index in [0.29, 0.717) is 16.7 Å². The fourth-order valence-corrected chi connectivity index (χ4v) is 3.67. The highest BCUT2D eigenvalue weighted by Crippen LogP contribution is 2.21. The predicted octanol–water partition coefficient (Wildman–Crippen LogP) is 9.39. The Labute approximate surface area is 262 Å². The maximum Gasteiger partial charge on any atom is 0.339 e. The molecule has 0 spiro atoms. The second-order valence-electron chi connectivity index (χ2n) is 13.3. The minimum absolute atomic E-state index is 0.266. The first-order valence-electron chi connectivity index (χ1n) is 14.6. The molecule has 0 aliphatic heterocycles. The SMILES string of the molecule is CC(C)(C)OC(=O)c1cccc2ccccc12.CC(C)(C)OC(=O)c1ccccc1.Cc1ccc(C(=O)OC(C)(C)C)cc1. The van der Waals surface area contributed by atoms with Crippen molar-refractivity contribution in [1.29, 1.82) is 0 Å². The van der Waals surface area contributed by atoms with Crippen LogP contribution in [-0.4, -0.2) is 34.7 Å². The van der Waals surface area contributed by atoms with E-state index in [1.54, 1.807) is 30.3 Å². The Morgan fingerprint density at radius 3 is 1.36 bits per heavy atom. The van der Waals surface area contributed by atoms with E-state index in [1.165, 1.54) is 0 Å². The van der Waals surface area contributed by atoms with Gasteiger partial charge < -0.3 is 14.2 Å². The Hall–Kier alpha value is -4.45. The van der Waals surface area contributed by atoms with Gasteiger partial charge in [0, 0.05) is 0 Å². The normalized spacial score (nSPS) is 11.2. The molecule has 6 nitrogen and oxygen atoms in total. The molecule has 4 aromatic rings. The summed E-state index contributed by atoms with van der Waals surface area (Å²) < 4.78 is 15.8. The van der Waals surface area contributed by atoms with Crippen LogP contribution < -0.4 is 0 Å². The van der Waals surface area contributed by atoms with Crippen molar-refractivity contribution in [2.24, 2.45) is 0 Å². The molecule has 0 aliphatic carbocycles. The summed E-state index contributed by atoms with van der Waals surface area (Å²) in [5, 5.41) is 1.99. The Bertz CT molecular complexity index is 1510. The van der Waals surface area contributed by atoms with Gasteiger partial charge in [-0.05, 0) is 110 Å². The molecule has 0 atom stereocenters. The van der Waals surface area contributed by atoms with Gasteiger partial charge in [-0.25, -0.2) is 14.4 Å². The predicted molar refractivity (Wildman–Crippen MR) is 177 cm³/mol. The molecular formula is C38H46O6. The summed E-state index contributed by atoms with van der Waals surface area (Å²) >= 11 is 0. The van der Waals surface area contributed by atoms with Gasteiger partial charge in [-0.3, -0.25) is 0 Å². The molecule has 44 heavy (non-hydrogen) atoms. The van der Waals surface area contributed by atoms with Gasteiger partial charge in [0.2, 0.25) is 0 Å². The Balaban J connectivity index is 0.000000233. The van der Waals surface area contributed by atoms with E-state index < -0.39 is 16.8 Å². The van der Waals surface area contributed by atoms with Crippen LogP contribution >= 0.6 is 0 Å². The number of carbonyl (C=O) groups is 3. The zero-order valence-corrected chi connectivity index (χ0v) is 27.7. The highest BCUT2D eigenvalue weighted by Gasteiger charge is 2.20. The average Bonchev–Trinajstić information content (AvgIpc) is 2.91. The summed E-state index contributed by atoms with van der Waals surface area (Å²) in [4.78, 5) is 35.0. The van der Waals surface area contributed by atoms with Crippen LogP contribution in [0, 0.1) is 6.92 Å². The van der Waals surface area contributed by atoms with Crippen LogP contribution in [0.1, 0.15) is 99.0 Å². The molecule has 0 saturated carbocycles. The number of rotatable bonds is 3. The Morgan fingerprint density at radius 2 is 0.864 bits per heavy atom. The van der Waals surface area contributed by atoms with Crippen LogP contribution in [0.4, 0.5) is 0 Å². The summed E-state index contributed by atoms with van der Waals surface area (Å²) in [6.07, 6.45) is 0. The number of benzene rings is 4. The third kappa shape index (κ3) is 13.2. The highest BCUT2D eigenvalue weighted by atomic mass is 16.6. The Morgan fingerprint density at radius 1 is 0.455 bits per heavy atom. The topological polar surface area (TPSA) is 78.9 Å². The summed E-state index contributed by atoms with van der Waals surface area (Å²) in [5.41, 5.74) is 1.64. The molecule has 0 heterocycles. The van der Waals surface area contributed by atoms with Crippen LogP contribution in [0.25, 0.3) is 10.8 Å². The number of aryl methyl sites for hydroxylation is 1. The standard InChI is InChI=1S/C15H16O2.C12H16O2.C11H14O2/c1-15(2,3)17-14(16)13-10-6-8-11-7-4-5-9-12(11)13;1-9-5-7-10(8-6-9)11(13)14-12(2,3)4;1-11(2,3)13-10(12)9-7-5-4-6-8-9/h4-10H,1-3H3;5-8H,1-4H3;4-8H,1-3H3. The first-order valence-corrected chi connectivity index (χ1v) is 14.6. The fraction of sp³-hybridized carbons (Fsp3) is 0.342. The molecule has 4 aromatic carbocycles. The van der Waals surface area contributed by atoms with E-state index in [0.717, 1.165) is 16.3 Å². The van der Waals surface area contributed by atoms with E-state index in [1.807, 2.05) is 136 Å². The van der Waals surface area contributed by atoms with Crippen molar-refractivity contribution in [3.63, 3.8) is 0 Å². The van der Waals surface area contributed by atoms with Crippen LogP contribution in [0.3, 0.4) is 0 Å². The van der Waals surface area contributed by atoms with Gasteiger partial charge in [0.05, 0.1) is 16.7 Å². The number of carbonyl (C=O) groups excluding carboxylic acids is 3. The molecule has 0 saturated heterocycles. The third-order valence-electron chi connectivity index (χ3n) is 5.50. The number of esters is 3. The largest absolute Gasteiger partial charge is 0.456 e. The lowest BCUT2D eigenvalue weighted by Crippen LogP contribution is -2.24. The Kier molecular flexibility index (Phi) is 12.5. The third-order valence-corrected chi connectivity index (χ3v) is 5.50. The molecule has 0 unspecified atom stereocenters. The molecule has 6 heteroatoms. The number of fused-ring (bicyclic) bond motifs is 1. The van der Waals surface area contributed by atoms with Gasteiger partial charge in [-0.2, -0.15) is 0 Å². The zero-order chi connectivity index (χ0) is 33.1. The first kappa shape index (κ1) is 35.7. The highest BCUT2D eigenvalue weighted by molar-refractivity contribution is 6.04. The number of ether oxygens (including phenoxy) is 3. The van der Waals surface area contributed by atoms with Crippen molar-refractivity contribution < 1.29 is 28.6 Å². The van der Waals surface area contributed by atoms with Crippen molar-refractivity contribution in [3.05, 3.63) is 119 Å². The van der Waals surface area contributed by atoms with Crippen molar-refractivity contribution in [3.8, 4) is 0 Å². The van der Waals surface area contributed by atoms with E-state index in [4.69, 9.17) is 14.2 Å². The second kappa shape index (κ2) is 15.3. The van der Waals surface area contributed by atoms with Gasteiger partial charge in [0.1, 0.15) is 16.8 Å². The van der Waals surface area contributed by atoms with E-state index in [-0.39, 0.29) is 17.9 Å². The molecular weight excluding hydrogens is 552 g/mol. The monoisotopic (exact) mass is 598 g/mol. The minimum atomic E-state index is -0.464. The molecule has 0 aromatic heterocycles. The fourth-order valence-electron chi connectivity index (χ4n) is 3.67. The summed E-state index contributed by atoms with van der Waals surface area (Å²) in [5.74, 6) is -0.806. The zero-order valence-electron chi connectivity index (χ0n) is 27.7. The maximum atomic E-state index is 12.1. The number of hydrogen-bond donors (Lipinski definition) is 0. The van der Waals surface area contributed by atoms with Crippen molar-refractivity contribution >= 4 is 28.7 Å². The first-order chi connectivity index (χ1) is 20.3. The van der Waals surface area contributed by atoms with Crippen LogP contribution in [-0.2, 0) is 14.2 Å². The minimum Gasteiger partial charge on any atom is -0.456 e. The van der Waals surface area contributed by atoms with Gasteiger partial charge in [-0.1, -0.05) is 72.3 Å². The summed E-state index contributed by atoms with van der Waals surface area (Å²) in [7, 11) is 0. The lowest BCUT2D eigenvalue weighted by Gasteiger charge is -2.20. The van der Waals surface area contributed by atoms with Gasteiger partial charge in [-0.15, -0.1) is 0 Å². The smallest absolute Gasteiger partial charge is 0.339 e. The molecule has 0 bridgehead atoms. The molecule has 4 rings (SSSR count). The second-order valence-corrected chi connectivity index (χ2v) is 13.3. The van der Waals surface area contributed by atoms with Crippen LogP contribution in [0.15, 0.2) is 97.1 Å². The van der Waals surface area contributed by atoms with Gasteiger partial charge in [0.25, 0.3) is 0 Å². The summed E-state index contributed by atoms with van der Waals surface area (Å²) in [6.45, 7) is 18.7. The molecule has 0 amide bonds. The molecule has 234 valence electrons. The quantitative estimate of drug-likeness (QED) is 0.173. The molecule has 0 N–H and O–H groups in total. The van der Waals surface area contributed by atoms with Crippen molar-refractivity contribution in [1.82, 2.24) is 0 Å². The van der Waals surface area contributed by atoms with Crippen LogP contribution in [0.5, 0.6) is 0 Å². The van der Waals surface area contributed by atoms with E-state index in [9.17, 15) is 14.4 Å². The lowest BCUT2D eigenvalue weighted by atomic mass is 10.0. The van der Waals surface area contributed by atoms with Crippen molar-refractivity contribution in [2.45, 2.75) is 86.0 Å². The number of hydrogen-bond acceptors (Lipinski definition) is 6. The maximum absolute atomic E-state index is 12.1. The van der Waals surface area contributed by atoms with E-state index in [2.05, 4.69) is 0 Å². The van der Waals surface area contributed by atoms with Gasteiger partial charge in [0.15, 0.2) is 0 Å². The lowest BCUT2D eigenvalue weighted by molar-refractivity contribution is 0.00570. The van der Waals surface area contributed by atoms with Crippen molar-refractivity contribution in [2.75, 3.05) is 0 Å². The molecule has 0 radical (unpaired) electrons. The summed E-state index contributed by atoms with van der Waals surface area (Å²) in [6, 6.07) is 29.8. The van der Waals surface area contributed by atoms with Gasteiger partial charge >= 0.3 is 17.9 Å². The molecule has 0 aliphatic rings.